The van der Waals surface area contributed by atoms with Crippen LogP contribution >= 0.6 is 0 Å². The predicted molar refractivity (Wildman–Crippen MR) is 141 cm³/mol. The van der Waals surface area contributed by atoms with Gasteiger partial charge in [-0.25, -0.2) is 4.79 Å². The Morgan fingerprint density at radius 3 is 1.89 bits per heavy atom. The maximum absolute atomic E-state index is 12.4. The van der Waals surface area contributed by atoms with Gasteiger partial charge in [0.2, 0.25) is 11.8 Å². The summed E-state index contributed by atoms with van der Waals surface area (Å²) >= 11 is 0. The molecule has 0 spiro atoms. The van der Waals surface area contributed by atoms with Crippen LogP contribution in [0, 0.1) is 0 Å². The van der Waals surface area contributed by atoms with Crippen LogP contribution in [-0.4, -0.2) is 22.9 Å². The summed E-state index contributed by atoms with van der Waals surface area (Å²) in [5.74, 6) is -0.788. The molecule has 7 nitrogen and oxygen atoms in total. The zero-order chi connectivity index (χ0) is 26.0. The number of nitrogens with one attached hydrogen (secondary N) is 2. The van der Waals surface area contributed by atoms with E-state index in [2.05, 4.69) is 10.6 Å². The molecule has 186 valence electrons. The van der Waals surface area contributed by atoms with E-state index in [1.54, 1.807) is 24.3 Å². The smallest absolute Gasteiger partial charge is 0.337 e. The fourth-order valence-electron chi connectivity index (χ4n) is 3.75. The maximum atomic E-state index is 12.4. The highest BCUT2D eigenvalue weighted by molar-refractivity contribution is 6.01. The largest absolute Gasteiger partial charge is 0.478 e. The fourth-order valence-corrected chi connectivity index (χ4v) is 3.75. The Balaban J connectivity index is 1.38. The third kappa shape index (κ3) is 7.53. The lowest BCUT2D eigenvalue weighted by atomic mass is 10.1. The summed E-state index contributed by atoms with van der Waals surface area (Å²) in [7, 11) is 0. The van der Waals surface area contributed by atoms with Gasteiger partial charge in [0.05, 0.1) is 24.1 Å². The van der Waals surface area contributed by atoms with Crippen molar-refractivity contribution < 1.29 is 24.2 Å². The fraction of sp³-hybridized carbons (Fsp3) is 0.100. The van der Waals surface area contributed by atoms with Crippen LogP contribution in [0.1, 0.15) is 27.0 Å². The highest BCUT2D eigenvalue weighted by Crippen LogP contribution is 2.27. The minimum absolute atomic E-state index is 0.0803. The topological polar surface area (TPSA) is 105 Å². The van der Waals surface area contributed by atoms with Crippen LogP contribution < -0.4 is 15.4 Å². The van der Waals surface area contributed by atoms with Crippen LogP contribution in [0.3, 0.4) is 0 Å². The number of carboxylic acids is 1. The molecule has 0 fully saturated rings. The van der Waals surface area contributed by atoms with Gasteiger partial charge in [-0.2, -0.15) is 0 Å². The molecule has 0 saturated heterocycles. The summed E-state index contributed by atoms with van der Waals surface area (Å²) in [4.78, 5) is 36.5. The van der Waals surface area contributed by atoms with Gasteiger partial charge >= 0.3 is 5.97 Å². The molecule has 0 saturated carbocycles. The second kappa shape index (κ2) is 12.2. The van der Waals surface area contributed by atoms with Gasteiger partial charge in [0.25, 0.3) is 0 Å². The molecular weight excluding hydrogens is 468 g/mol. The normalized spacial score (nSPS) is 10.4. The van der Waals surface area contributed by atoms with Crippen molar-refractivity contribution in [2.45, 2.75) is 19.4 Å². The highest BCUT2D eigenvalue weighted by atomic mass is 16.5. The van der Waals surface area contributed by atoms with Crippen LogP contribution in [0.15, 0.2) is 103 Å². The number of ether oxygens (including phenoxy) is 1. The minimum Gasteiger partial charge on any atom is -0.478 e. The van der Waals surface area contributed by atoms with Gasteiger partial charge in [-0.1, -0.05) is 72.8 Å². The molecule has 37 heavy (non-hydrogen) atoms. The Morgan fingerprint density at radius 2 is 1.24 bits per heavy atom. The average Bonchev–Trinajstić information content (AvgIpc) is 2.89. The second-order valence-corrected chi connectivity index (χ2v) is 8.41. The van der Waals surface area contributed by atoms with Crippen molar-refractivity contribution in [3.8, 4) is 11.5 Å². The monoisotopic (exact) mass is 494 g/mol. The molecular formula is C30H26N2O5. The van der Waals surface area contributed by atoms with Crippen LogP contribution in [-0.2, 0) is 29.0 Å². The molecule has 4 aromatic carbocycles. The molecule has 4 rings (SSSR count). The zero-order valence-corrected chi connectivity index (χ0v) is 20.0. The van der Waals surface area contributed by atoms with E-state index in [-0.39, 0.29) is 29.5 Å². The Kier molecular flexibility index (Phi) is 8.29. The maximum Gasteiger partial charge on any atom is 0.337 e. The van der Waals surface area contributed by atoms with Crippen LogP contribution in [0.25, 0.3) is 0 Å². The first kappa shape index (κ1) is 25.2. The summed E-state index contributed by atoms with van der Waals surface area (Å²) in [6.45, 7) is 0.329. The van der Waals surface area contributed by atoms with E-state index in [1.165, 1.54) is 12.1 Å². The van der Waals surface area contributed by atoms with Gasteiger partial charge in [-0.15, -0.1) is 0 Å². The molecule has 0 atom stereocenters. The van der Waals surface area contributed by atoms with Crippen molar-refractivity contribution in [1.82, 2.24) is 5.32 Å². The Hall–Kier alpha value is -4.91. The molecule has 0 bridgehead atoms. The molecule has 0 aromatic heterocycles. The van der Waals surface area contributed by atoms with Crippen molar-refractivity contribution in [1.29, 1.82) is 0 Å². The number of hydrogen-bond acceptors (Lipinski definition) is 4. The molecule has 0 radical (unpaired) electrons. The van der Waals surface area contributed by atoms with E-state index < -0.39 is 5.97 Å². The van der Waals surface area contributed by atoms with Gasteiger partial charge in [-0.3, -0.25) is 9.59 Å². The third-order valence-electron chi connectivity index (χ3n) is 5.53. The predicted octanol–water partition coefficient (Wildman–Crippen LogP) is 5.22. The van der Waals surface area contributed by atoms with Crippen LogP contribution in [0.2, 0.25) is 0 Å². The van der Waals surface area contributed by atoms with Gasteiger partial charge in [0, 0.05) is 6.54 Å². The number of anilines is 1. The molecule has 0 heterocycles. The van der Waals surface area contributed by atoms with E-state index in [1.807, 2.05) is 66.7 Å². The quantitative estimate of drug-likeness (QED) is 0.280. The molecule has 0 aliphatic heterocycles. The van der Waals surface area contributed by atoms with E-state index in [0.717, 1.165) is 16.7 Å². The SMILES string of the molecule is O=C(Cc1ccccc1)NCc1cccc(Oc2ccc(NC(=O)Cc3ccccc3)c(C(=O)O)c2)c1. The number of amides is 2. The number of hydrogen-bond donors (Lipinski definition) is 3. The van der Waals surface area contributed by atoms with Gasteiger partial charge in [0.1, 0.15) is 11.5 Å². The molecule has 0 aliphatic rings. The Bertz CT molecular complexity index is 1390. The molecule has 2 amide bonds. The lowest BCUT2D eigenvalue weighted by Gasteiger charge is -2.12. The van der Waals surface area contributed by atoms with Gasteiger partial charge in [-0.05, 0) is 47.0 Å². The lowest BCUT2D eigenvalue weighted by molar-refractivity contribution is -0.120. The van der Waals surface area contributed by atoms with Crippen molar-refractivity contribution in [3.63, 3.8) is 0 Å². The summed E-state index contributed by atoms with van der Waals surface area (Å²) in [6, 6.07) is 30.3. The Morgan fingerprint density at radius 1 is 0.649 bits per heavy atom. The summed E-state index contributed by atoms with van der Waals surface area (Å²) in [5, 5.41) is 15.2. The molecule has 7 heteroatoms. The summed E-state index contributed by atoms with van der Waals surface area (Å²) < 4.78 is 5.88. The second-order valence-electron chi connectivity index (χ2n) is 8.41. The van der Waals surface area contributed by atoms with Crippen molar-refractivity contribution >= 4 is 23.5 Å². The number of benzene rings is 4. The highest BCUT2D eigenvalue weighted by Gasteiger charge is 2.15. The van der Waals surface area contributed by atoms with E-state index >= 15 is 0 Å². The average molecular weight is 495 g/mol. The third-order valence-corrected chi connectivity index (χ3v) is 5.53. The first-order chi connectivity index (χ1) is 18.0. The van der Waals surface area contributed by atoms with E-state index in [4.69, 9.17) is 4.74 Å². The first-order valence-electron chi connectivity index (χ1n) is 11.7. The molecule has 0 aliphatic carbocycles. The van der Waals surface area contributed by atoms with Crippen LogP contribution in [0.4, 0.5) is 5.69 Å². The van der Waals surface area contributed by atoms with Crippen molar-refractivity contribution in [3.05, 3.63) is 125 Å². The summed E-state index contributed by atoms with van der Waals surface area (Å²) in [6.07, 6.45) is 0.427. The van der Waals surface area contributed by atoms with Crippen molar-refractivity contribution in [2.75, 3.05) is 5.32 Å². The number of carbonyl (C=O) groups excluding carboxylic acids is 2. The first-order valence-corrected chi connectivity index (χ1v) is 11.7. The number of carboxylic acid groups (broad SMARTS) is 1. The zero-order valence-electron chi connectivity index (χ0n) is 20.0. The Labute approximate surface area is 214 Å². The van der Waals surface area contributed by atoms with Gasteiger partial charge in [0.15, 0.2) is 0 Å². The molecule has 4 aromatic rings. The van der Waals surface area contributed by atoms with E-state index in [0.29, 0.717) is 24.5 Å². The number of aromatic carboxylic acids is 1. The number of carbonyl (C=O) groups is 3. The van der Waals surface area contributed by atoms with Crippen molar-refractivity contribution in [2.24, 2.45) is 0 Å². The lowest BCUT2D eigenvalue weighted by Crippen LogP contribution is -2.24. The molecule has 3 N–H and O–H groups in total. The standard InChI is InChI=1S/C30H26N2O5/c33-28(17-21-8-3-1-4-9-21)31-20-23-12-7-13-24(16-23)37-25-14-15-27(26(19-25)30(35)36)32-29(34)18-22-10-5-2-6-11-22/h1-16,19H,17-18,20H2,(H,31,33)(H,32,34)(H,35,36). The minimum atomic E-state index is -1.18. The molecule has 0 unspecified atom stereocenters. The number of rotatable bonds is 10. The van der Waals surface area contributed by atoms with Crippen LogP contribution in [0.5, 0.6) is 11.5 Å². The van der Waals surface area contributed by atoms with E-state index in [9.17, 15) is 19.5 Å². The summed E-state index contributed by atoms with van der Waals surface area (Å²) in [5.41, 5.74) is 2.71. The van der Waals surface area contributed by atoms with Gasteiger partial charge < -0.3 is 20.5 Å².